The van der Waals surface area contributed by atoms with E-state index in [1.807, 2.05) is 0 Å². The average Bonchev–Trinajstić information content (AvgIpc) is 2.44. The molecule has 0 fully saturated rings. The molecule has 0 bridgehead atoms. The van der Waals surface area contributed by atoms with E-state index in [-0.39, 0.29) is 0 Å². The molecular weight excluding hydrogens is 332 g/mol. The number of anilines is 1. The zero-order chi connectivity index (χ0) is 14.2. The first kappa shape index (κ1) is 14.0. The van der Waals surface area contributed by atoms with Gasteiger partial charge in [-0.15, -0.1) is 0 Å². The molecule has 0 saturated heterocycles. The van der Waals surface area contributed by atoms with Gasteiger partial charge in [-0.1, -0.05) is 65.8 Å². The predicted molar refractivity (Wildman–Crippen MR) is 93.8 cm³/mol. The predicted octanol–water partition coefficient (Wildman–Crippen LogP) is 5.14. The Hall–Kier alpha value is -1.00. The number of aliphatic imine (C=N–C) groups is 1. The summed E-state index contributed by atoms with van der Waals surface area (Å²) in [4.78, 5) is 4.66. The Kier molecular flexibility index (Phi) is 3.78. The van der Waals surface area contributed by atoms with E-state index < -0.39 is 0 Å². The summed E-state index contributed by atoms with van der Waals surface area (Å²) in [6.07, 6.45) is 0. The van der Waals surface area contributed by atoms with Crippen LogP contribution in [0.25, 0.3) is 10.8 Å². The highest BCUT2D eigenvalue weighted by Crippen LogP contribution is 2.32. The lowest BCUT2D eigenvalue weighted by Crippen LogP contribution is -2.27. The summed E-state index contributed by atoms with van der Waals surface area (Å²) >= 11 is 5.41. The van der Waals surface area contributed by atoms with Gasteiger partial charge in [-0.05, 0) is 22.9 Å². The maximum absolute atomic E-state index is 4.66. The van der Waals surface area contributed by atoms with E-state index in [0.29, 0.717) is 5.41 Å². The number of nitrogens with zero attached hydrogens (tertiary/aromatic N) is 1. The van der Waals surface area contributed by atoms with E-state index in [4.69, 9.17) is 0 Å². The molecule has 0 aromatic heterocycles. The minimum Gasteiger partial charge on any atom is -0.334 e. The second kappa shape index (κ2) is 5.41. The Labute approximate surface area is 132 Å². The topological polar surface area (TPSA) is 24.4 Å². The van der Waals surface area contributed by atoms with Crippen LogP contribution in [-0.4, -0.2) is 17.5 Å². The molecule has 20 heavy (non-hydrogen) atoms. The number of rotatable bonds is 1. The molecule has 2 aromatic carbocycles. The van der Waals surface area contributed by atoms with Crippen molar-refractivity contribution < 1.29 is 0 Å². The molecule has 1 aliphatic heterocycles. The molecule has 3 rings (SSSR count). The van der Waals surface area contributed by atoms with Gasteiger partial charge >= 0.3 is 0 Å². The van der Waals surface area contributed by atoms with Crippen molar-refractivity contribution in [2.75, 3.05) is 17.6 Å². The molecule has 4 heteroatoms. The summed E-state index contributed by atoms with van der Waals surface area (Å²) in [6, 6.07) is 12.6. The van der Waals surface area contributed by atoms with E-state index in [9.17, 15) is 0 Å². The van der Waals surface area contributed by atoms with Gasteiger partial charge in [0.15, 0.2) is 5.17 Å². The van der Waals surface area contributed by atoms with Crippen LogP contribution in [-0.2, 0) is 0 Å². The minimum atomic E-state index is 0.303. The number of amidine groups is 1. The maximum atomic E-state index is 4.66. The number of nitrogens with one attached hydrogen (secondary N) is 1. The van der Waals surface area contributed by atoms with Crippen LogP contribution in [0.15, 0.2) is 45.9 Å². The van der Waals surface area contributed by atoms with Gasteiger partial charge < -0.3 is 5.32 Å². The third-order valence-electron chi connectivity index (χ3n) is 3.36. The van der Waals surface area contributed by atoms with Gasteiger partial charge in [0.05, 0.1) is 0 Å². The molecule has 2 nitrogen and oxygen atoms in total. The monoisotopic (exact) mass is 348 g/mol. The highest BCUT2D eigenvalue weighted by Gasteiger charge is 2.23. The Morgan fingerprint density at radius 3 is 2.60 bits per heavy atom. The van der Waals surface area contributed by atoms with Crippen molar-refractivity contribution in [3.8, 4) is 0 Å². The minimum absolute atomic E-state index is 0.303. The summed E-state index contributed by atoms with van der Waals surface area (Å²) < 4.78 is 1.12. The fourth-order valence-electron chi connectivity index (χ4n) is 2.20. The van der Waals surface area contributed by atoms with Crippen LogP contribution in [0.1, 0.15) is 13.8 Å². The zero-order valence-electron chi connectivity index (χ0n) is 11.6. The first-order valence-electron chi connectivity index (χ1n) is 6.67. The molecule has 1 heterocycles. The molecule has 0 unspecified atom stereocenters. The van der Waals surface area contributed by atoms with Crippen LogP contribution < -0.4 is 5.32 Å². The quantitative estimate of drug-likeness (QED) is 0.771. The molecule has 0 spiro atoms. The lowest BCUT2D eigenvalue weighted by atomic mass is 9.97. The van der Waals surface area contributed by atoms with E-state index in [1.54, 1.807) is 11.8 Å². The van der Waals surface area contributed by atoms with Crippen LogP contribution in [0.2, 0.25) is 0 Å². The third-order valence-corrected chi connectivity index (χ3v) is 5.48. The summed E-state index contributed by atoms with van der Waals surface area (Å²) in [5.41, 5.74) is 1.42. The standard InChI is InChI=1S/C16H17BrN2S/c1-16(2)9-18-15(20-10-16)19-14-8-7-13(17)11-5-3-4-6-12(11)14/h3-8H,9-10H2,1-2H3,(H,18,19). The summed E-state index contributed by atoms with van der Waals surface area (Å²) in [7, 11) is 0. The van der Waals surface area contributed by atoms with Crippen molar-refractivity contribution >= 4 is 49.3 Å². The number of thioether (sulfide) groups is 1. The molecule has 104 valence electrons. The number of halogens is 1. The molecule has 1 aliphatic rings. The lowest BCUT2D eigenvalue weighted by molar-refractivity contribution is 0.438. The number of fused-ring (bicyclic) bond motifs is 1. The second-order valence-electron chi connectivity index (χ2n) is 5.84. The Morgan fingerprint density at radius 1 is 1.15 bits per heavy atom. The maximum Gasteiger partial charge on any atom is 0.161 e. The Bertz CT molecular complexity index is 679. The fourth-order valence-corrected chi connectivity index (χ4v) is 3.64. The number of benzene rings is 2. The van der Waals surface area contributed by atoms with Crippen LogP contribution in [0.5, 0.6) is 0 Å². The van der Waals surface area contributed by atoms with Crippen molar-refractivity contribution in [2.24, 2.45) is 10.4 Å². The fraction of sp³-hybridized carbons (Fsp3) is 0.312. The normalized spacial score (nSPS) is 17.9. The van der Waals surface area contributed by atoms with Gasteiger partial charge in [0.1, 0.15) is 0 Å². The molecular formula is C16H17BrN2S. The van der Waals surface area contributed by atoms with E-state index in [1.165, 1.54) is 10.8 Å². The molecule has 0 atom stereocenters. The summed E-state index contributed by atoms with van der Waals surface area (Å²) in [6.45, 7) is 5.40. The molecule has 1 N–H and O–H groups in total. The van der Waals surface area contributed by atoms with Crippen LogP contribution in [0, 0.1) is 5.41 Å². The van der Waals surface area contributed by atoms with Crippen molar-refractivity contribution in [3.05, 3.63) is 40.9 Å². The van der Waals surface area contributed by atoms with E-state index in [0.717, 1.165) is 27.6 Å². The number of hydrogen-bond donors (Lipinski definition) is 1. The molecule has 0 saturated carbocycles. The van der Waals surface area contributed by atoms with Crippen LogP contribution >= 0.6 is 27.7 Å². The van der Waals surface area contributed by atoms with Gasteiger partial charge in [0, 0.05) is 27.8 Å². The first-order chi connectivity index (χ1) is 9.55. The van der Waals surface area contributed by atoms with Gasteiger partial charge in [-0.3, -0.25) is 4.99 Å². The van der Waals surface area contributed by atoms with Crippen molar-refractivity contribution in [2.45, 2.75) is 13.8 Å². The Balaban J connectivity index is 1.93. The zero-order valence-corrected chi connectivity index (χ0v) is 14.0. The summed E-state index contributed by atoms with van der Waals surface area (Å²) in [5, 5.41) is 6.94. The summed E-state index contributed by atoms with van der Waals surface area (Å²) in [5.74, 6) is 1.10. The smallest absolute Gasteiger partial charge is 0.161 e. The highest BCUT2D eigenvalue weighted by molar-refractivity contribution is 9.10. The average molecular weight is 349 g/mol. The largest absolute Gasteiger partial charge is 0.334 e. The van der Waals surface area contributed by atoms with Gasteiger partial charge in [-0.25, -0.2) is 0 Å². The van der Waals surface area contributed by atoms with Crippen molar-refractivity contribution in [1.82, 2.24) is 0 Å². The SMILES string of the molecule is CC1(C)CN=C(Nc2ccc(Br)c3ccccc23)SC1. The Morgan fingerprint density at radius 2 is 1.90 bits per heavy atom. The van der Waals surface area contributed by atoms with Gasteiger partial charge in [-0.2, -0.15) is 0 Å². The van der Waals surface area contributed by atoms with Gasteiger partial charge in [0.25, 0.3) is 0 Å². The van der Waals surface area contributed by atoms with E-state index in [2.05, 4.69) is 76.5 Å². The van der Waals surface area contributed by atoms with Crippen LogP contribution in [0.3, 0.4) is 0 Å². The second-order valence-corrected chi connectivity index (χ2v) is 7.66. The highest BCUT2D eigenvalue weighted by atomic mass is 79.9. The van der Waals surface area contributed by atoms with Crippen molar-refractivity contribution in [1.29, 1.82) is 0 Å². The van der Waals surface area contributed by atoms with Crippen molar-refractivity contribution in [3.63, 3.8) is 0 Å². The molecule has 0 radical (unpaired) electrons. The number of hydrogen-bond acceptors (Lipinski definition) is 3. The third kappa shape index (κ3) is 2.86. The molecule has 0 aliphatic carbocycles. The molecule has 2 aromatic rings. The van der Waals surface area contributed by atoms with Gasteiger partial charge in [0.2, 0.25) is 0 Å². The first-order valence-corrected chi connectivity index (χ1v) is 8.45. The lowest BCUT2D eigenvalue weighted by Gasteiger charge is -2.27. The molecule has 0 amide bonds. The van der Waals surface area contributed by atoms with Crippen LogP contribution in [0.4, 0.5) is 5.69 Å². The van der Waals surface area contributed by atoms with E-state index >= 15 is 0 Å².